The highest BCUT2D eigenvalue weighted by molar-refractivity contribution is 5.90. The summed E-state index contributed by atoms with van der Waals surface area (Å²) in [6.07, 6.45) is 2.36. The fourth-order valence-electron chi connectivity index (χ4n) is 1.99. The molecule has 2 rings (SSSR count). The number of carbonyl (C=O) groups excluding carboxylic acids is 1. The molecule has 0 aromatic heterocycles. The van der Waals surface area contributed by atoms with Crippen LogP contribution < -0.4 is 9.47 Å². The van der Waals surface area contributed by atoms with Crippen molar-refractivity contribution in [2.24, 2.45) is 5.92 Å². The van der Waals surface area contributed by atoms with E-state index in [1.54, 1.807) is 12.1 Å². The number of esters is 1. The van der Waals surface area contributed by atoms with Gasteiger partial charge in [-0.05, 0) is 6.42 Å². The fraction of sp³-hybridized carbons (Fsp3) is 0.357. The van der Waals surface area contributed by atoms with Gasteiger partial charge in [-0.2, -0.15) is 0 Å². The Hall–Kier alpha value is -2.57. The third-order valence-electron chi connectivity index (χ3n) is 3.14. The van der Waals surface area contributed by atoms with Crippen LogP contribution in [-0.2, 0) is 9.53 Å². The van der Waals surface area contributed by atoms with Gasteiger partial charge in [-0.15, -0.1) is 0 Å². The summed E-state index contributed by atoms with van der Waals surface area (Å²) < 4.78 is 15.1. The van der Waals surface area contributed by atoms with E-state index in [0.29, 0.717) is 30.1 Å². The van der Waals surface area contributed by atoms with E-state index in [9.17, 15) is 14.9 Å². The van der Waals surface area contributed by atoms with Crippen LogP contribution in [0, 0.1) is 16.0 Å². The zero-order valence-corrected chi connectivity index (χ0v) is 11.7. The predicted molar refractivity (Wildman–Crippen MR) is 73.3 cm³/mol. The van der Waals surface area contributed by atoms with E-state index >= 15 is 0 Å². The third-order valence-corrected chi connectivity index (χ3v) is 3.14. The van der Waals surface area contributed by atoms with Gasteiger partial charge in [0.25, 0.3) is 5.69 Å². The molecule has 21 heavy (non-hydrogen) atoms. The molecule has 0 spiro atoms. The van der Waals surface area contributed by atoms with Crippen LogP contribution in [0.2, 0.25) is 0 Å². The molecule has 0 bridgehead atoms. The maximum Gasteiger partial charge on any atom is 0.333 e. The van der Waals surface area contributed by atoms with Gasteiger partial charge in [0.05, 0.1) is 37.9 Å². The smallest absolute Gasteiger partial charge is 0.333 e. The number of methoxy groups -OCH3 is 2. The highest BCUT2D eigenvalue weighted by atomic mass is 16.6. The lowest BCUT2D eigenvalue weighted by molar-refractivity contribution is -0.385. The van der Waals surface area contributed by atoms with E-state index in [2.05, 4.69) is 4.74 Å². The Morgan fingerprint density at radius 1 is 1.33 bits per heavy atom. The Labute approximate surface area is 121 Å². The molecule has 0 heterocycles. The van der Waals surface area contributed by atoms with E-state index in [1.165, 1.54) is 26.4 Å². The van der Waals surface area contributed by atoms with E-state index < -0.39 is 4.92 Å². The molecule has 0 aliphatic heterocycles. The molecular weight excluding hydrogens is 278 g/mol. The second-order valence-electron chi connectivity index (χ2n) is 4.58. The number of nitro groups is 1. The van der Waals surface area contributed by atoms with E-state index in [4.69, 9.17) is 9.47 Å². The summed E-state index contributed by atoms with van der Waals surface area (Å²) in [7, 11) is 2.77. The Bertz CT molecular complexity index is 595. The molecule has 0 saturated heterocycles. The highest BCUT2D eigenvalue weighted by Crippen LogP contribution is 2.30. The lowest BCUT2D eigenvalue weighted by Gasteiger charge is -2.23. The maximum atomic E-state index is 11.2. The van der Waals surface area contributed by atoms with Gasteiger partial charge in [0, 0.05) is 17.6 Å². The second-order valence-corrected chi connectivity index (χ2v) is 4.58. The zero-order chi connectivity index (χ0) is 15.4. The number of carbonyl (C=O) groups is 1. The lowest BCUT2D eigenvalue weighted by atomic mass is 9.87. The summed E-state index contributed by atoms with van der Waals surface area (Å²) in [6, 6.07) is 4.24. The van der Waals surface area contributed by atoms with Crippen LogP contribution in [0.1, 0.15) is 6.42 Å². The number of ether oxygens (including phenoxy) is 3. The first-order valence-corrected chi connectivity index (χ1v) is 6.28. The molecular formula is C14H15NO6. The standard InChI is InChI=1S/C14H15NO6/c1-19-12-5-11(15(17)18)6-13(7-12)21-8-9-3-10(4-9)14(16)20-2/h3,5-7,9H,4,8H2,1-2H3/t9-/m0/s1. The Balaban J connectivity index is 1.98. The largest absolute Gasteiger partial charge is 0.496 e. The first-order valence-electron chi connectivity index (χ1n) is 6.28. The minimum atomic E-state index is -0.506. The fourth-order valence-corrected chi connectivity index (χ4v) is 1.99. The molecule has 0 unspecified atom stereocenters. The van der Waals surface area contributed by atoms with Crippen molar-refractivity contribution in [2.45, 2.75) is 6.42 Å². The number of benzene rings is 1. The van der Waals surface area contributed by atoms with Crippen LogP contribution in [0.5, 0.6) is 11.5 Å². The average molecular weight is 293 g/mol. The number of non-ortho nitro benzene ring substituents is 1. The monoisotopic (exact) mass is 293 g/mol. The minimum absolute atomic E-state index is 0.0937. The molecule has 1 aliphatic rings. The van der Waals surface area contributed by atoms with Crippen LogP contribution >= 0.6 is 0 Å². The summed E-state index contributed by atoms with van der Waals surface area (Å²) >= 11 is 0. The van der Waals surface area contributed by atoms with Crippen molar-refractivity contribution in [3.8, 4) is 11.5 Å². The van der Waals surface area contributed by atoms with Crippen LogP contribution in [-0.4, -0.2) is 31.7 Å². The normalized spacial score (nSPS) is 16.5. The number of nitrogens with zero attached hydrogens (tertiary/aromatic N) is 1. The van der Waals surface area contributed by atoms with Crippen molar-refractivity contribution in [3.63, 3.8) is 0 Å². The second kappa shape index (κ2) is 6.25. The van der Waals surface area contributed by atoms with Gasteiger partial charge in [0.1, 0.15) is 11.5 Å². The topological polar surface area (TPSA) is 87.9 Å². The van der Waals surface area contributed by atoms with Crippen molar-refractivity contribution >= 4 is 11.7 Å². The molecule has 1 aromatic carbocycles. The van der Waals surface area contributed by atoms with E-state index in [0.717, 1.165) is 0 Å². The summed E-state index contributed by atoms with van der Waals surface area (Å²) in [5.74, 6) is 0.493. The van der Waals surface area contributed by atoms with Crippen molar-refractivity contribution in [3.05, 3.63) is 40.0 Å². The lowest BCUT2D eigenvalue weighted by Crippen LogP contribution is -2.23. The molecule has 1 aliphatic carbocycles. The third kappa shape index (κ3) is 3.50. The van der Waals surface area contributed by atoms with Gasteiger partial charge in [-0.25, -0.2) is 4.79 Å². The van der Waals surface area contributed by atoms with Gasteiger partial charge in [0.15, 0.2) is 0 Å². The molecule has 0 radical (unpaired) electrons. The Morgan fingerprint density at radius 3 is 2.57 bits per heavy atom. The number of rotatable bonds is 6. The zero-order valence-electron chi connectivity index (χ0n) is 11.7. The molecule has 0 N–H and O–H groups in total. The summed E-state index contributed by atoms with van der Waals surface area (Å²) in [6.45, 7) is 0.338. The van der Waals surface area contributed by atoms with Crippen molar-refractivity contribution in [1.82, 2.24) is 0 Å². The number of nitro benzene ring substituents is 1. The van der Waals surface area contributed by atoms with Crippen LogP contribution in [0.3, 0.4) is 0 Å². The minimum Gasteiger partial charge on any atom is -0.496 e. The molecule has 1 aromatic rings. The quantitative estimate of drug-likeness (QED) is 0.453. The molecule has 1 atom stereocenters. The summed E-state index contributed by atoms with van der Waals surface area (Å²) in [4.78, 5) is 21.5. The van der Waals surface area contributed by atoms with Crippen LogP contribution in [0.25, 0.3) is 0 Å². The maximum absolute atomic E-state index is 11.2. The van der Waals surface area contributed by atoms with Crippen LogP contribution in [0.15, 0.2) is 29.8 Å². The van der Waals surface area contributed by atoms with Gasteiger partial charge >= 0.3 is 5.97 Å². The molecule has 112 valence electrons. The summed E-state index contributed by atoms with van der Waals surface area (Å²) in [5, 5.41) is 10.8. The SMILES string of the molecule is COC(=O)C1=C[C@H](COc2cc(OC)cc([N+](=O)[O-])c2)C1. The van der Waals surface area contributed by atoms with Gasteiger partial charge < -0.3 is 14.2 Å². The van der Waals surface area contributed by atoms with E-state index in [-0.39, 0.29) is 17.6 Å². The summed E-state index contributed by atoms with van der Waals surface area (Å²) in [5.41, 5.74) is 0.534. The van der Waals surface area contributed by atoms with Gasteiger partial charge in [-0.1, -0.05) is 6.08 Å². The number of hydrogen-bond acceptors (Lipinski definition) is 6. The van der Waals surface area contributed by atoms with Crippen molar-refractivity contribution in [1.29, 1.82) is 0 Å². The number of hydrogen-bond donors (Lipinski definition) is 0. The first kappa shape index (κ1) is 14.8. The molecule has 0 saturated carbocycles. The van der Waals surface area contributed by atoms with E-state index in [1.807, 2.05) is 0 Å². The van der Waals surface area contributed by atoms with Crippen molar-refractivity contribution < 1.29 is 23.9 Å². The molecule has 7 heteroatoms. The Morgan fingerprint density at radius 2 is 2.00 bits per heavy atom. The highest BCUT2D eigenvalue weighted by Gasteiger charge is 2.25. The van der Waals surface area contributed by atoms with Crippen LogP contribution in [0.4, 0.5) is 5.69 Å². The average Bonchev–Trinajstić information content (AvgIpc) is 2.44. The van der Waals surface area contributed by atoms with Gasteiger partial charge in [-0.3, -0.25) is 10.1 Å². The first-order chi connectivity index (χ1) is 10.0. The Kier molecular flexibility index (Phi) is 4.42. The van der Waals surface area contributed by atoms with Gasteiger partial charge in [0.2, 0.25) is 0 Å². The molecule has 0 fully saturated rings. The predicted octanol–water partition coefficient (Wildman–Crippen LogP) is 2.10. The van der Waals surface area contributed by atoms with Crippen molar-refractivity contribution in [2.75, 3.05) is 20.8 Å². The molecule has 0 amide bonds. The molecule has 7 nitrogen and oxygen atoms in total.